The summed E-state index contributed by atoms with van der Waals surface area (Å²) in [5, 5.41) is 0. The van der Waals surface area contributed by atoms with Crippen LogP contribution >= 0.6 is 11.6 Å². The summed E-state index contributed by atoms with van der Waals surface area (Å²) in [6.07, 6.45) is 1.18. The van der Waals surface area contributed by atoms with Gasteiger partial charge < -0.3 is 14.4 Å². The molecule has 0 atom stereocenters. The van der Waals surface area contributed by atoms with Crippen LogP contribution in [0.25, 0.3) is 0 Å². The van der Waals surface area contributed by atoms with Gasteiger partial charge in [0.1, 0.15) is 0 Å². The third-order valence-electron chi connectivity index (χ3n) is 2.91. The minimum atomic E-state index is 0.0748. The Morgan fingerprint density at radius 3 is 2.94 bits per heavy atom. The zero-order valence-electron chi connectivity index (χ0n) is 10.3. The highest BCUT2D eigenvalue weighted by Crippen LogP contribution is 2.32. The number of benzene rings is 1. The predicted octanol–water partition coefficient (Wildman–Crippen LogP) is 2.05. The Bertz CT molecular complexity index is 436. The number of fused-ring (bicyclic) bond motifs is 1. The lowest BCUT2D eigenvalue weighted by Gasteiger charge is -2.16. The Morgan fingerprint density at radius 2 is 2.17 bits per heavy atom. The van der Waals surface area contributed by atoms with Gasteiger partial charge in [0.25, 0.3) is 0 Å². The number of carbonyl (C=O) groups excluding carboxylic acids is 1. The molecule has 4 nitrogen and oxygen atoms in total. The lowest BCUT2D eigenvalue weighted by atomic mass is 10.1. The molecule has 1 amide bonds. The number of halogens is 1. The normalized spacial score (nSPS) is 12.6. The monoisotopic (exact) mass is 269 g/mol. The molecular weight excluding hydrogens is 254 g/mol. The van der Waals surface area contributed by atoms with Crippen LogP contribution in [0.15, 0.2) is 18.2 Å². The van der Waals surface area contributed by atoms with Gasteiger partial charge in [0, 0.05) is 25.9 Å². The first kappa shape index (κ1) is 13.0. The van der Waals surface area contributed by atoms with E-state index < -0.39 is 0 Å². The molecule has 0 saturated heterocycles. The third kappa shape index (κ3) is 3.07. The molecule has 1 heterocycles. The number of carbonyl (C=O) groups is 1. The fourth-order valence-electron chi connectivity index (χ4n) is 1.79. The highest BCUT2D eigenvalue weighted by Gasteiger charge is 2.14. The SMILES string of the molecule is CN(CCc1ccc2c(c1)OCO2)C(=O)CCCl. The first-order chi connectivity index (χ1) is 8.70. The fraction of sp³-hybridized carbons (Fsp3) is 0.462. The summed E-state index contributed by atoms with van der Waals surface area (Å²) in [6.45, 7) is 0.961. The molecule has 2 rings (SSSR count). The van der Waals surface area contributed by atoms with E-state index in [1.807, 2.05) is 18.2 Å². The summed E-state index contributed by atoms with van der Waals surface area (Å²) in [4.78, 5) is 13.2. The molecule has 1 aromatic carbocycles. The molecule has 5 heteroatoms. The van der Waals surface area contributed by atoms with Gasteiger partial charge in [0.2, 0.25) is 12.7 Å². The van der Waals surface area contributed by atoms with E-state index in [1.165, 1.54) is 0 Å². The second kappa shape index (κ2) is 5.96. The van der Waals surface area contributed by atoms with E-state index in [1.54, 1.807) is 11.9 Å². The maximum atomic E-state index is 11.5. The maximum Gasteiger partial charge on any atom is 0.231 e. The zero-order valence-corrected chi connectivity index (χ0v) is 11.1. The second-order valence-electron chi connectivity index (χ2n) is 4.19. The standard InChI is InChI=1S/C13H16ClNO3/c1-15(13(16)4-6-14)7-5-10-2-3-11-12(8-10)18-9-17-11/h2-3,8H,4-7,9H2,1H3. The molecule has 0 N–H and O–H groups in total. The minimum absolute atomic E-state index is 0.0748. The van der Waals surface area contributed by atoms with Crippen molar-refractivity contribution in [3.63, 3.8) is 0 Å². The molecule has 0 aliphatic carbocycles. The summed E-state index contributed by atoms with van der Waals surface area (Å²) < 4.78 is 10.6. The number of ether oxygens (including phenoxy) is 2. The Morgan fingerprint density at radius 1 is 1.39 bits per heavy atom. The second-order valence-corrected chi connectivity index (χ2v) is 4.57. The van der Waals surface area contributed by atoms with E-state index in [2.05, 4.69) is 0 Å². The van der Waals surface area contributed by atoms with Gasteiger partial charge in [0.05, 0.1) is 0 Å². The van der Waals surface area contributed by atoms with E-state index in [0.29, 0.717) is 18.8 Å². The number of likely N-dealkylation sites (N-methyl/N-ethyl adjacent to an activating group) is 1. The molecule has 0 spiro atoms. The van der Waals surface area contributed by atoms with Gasteiger partial charge in [-0.2, -0.15) is 0 Å². The zero-order chi connectivity index (χ0) is 13.0. The van der Waals surface area contributed by atoms with Crippen molar-refractivity contribution in [2.45, 2.75) is 12.8 Å². The summed E-state index contributed by atoms with van der Waals surface area (Å²) in [5.41, 5.74) is 1.13. The predicted molar refractivity (Wildman–Crippen MR) is 69.2 cm³/mol. The van der Waals surface area contributed by atoms with Gasteiger partial charge in [-0.15, -0.1) is 11.6 Å². The molecule has 18 heavy (non-hydrogen) atoms. The lowest BCUT2D eigenvalue weighted by molar-refractivity contribution is -0.129. The average Bonchev–Trinajstić information content (AvgIpc) is 2.83. The Hall–Kier alpha value is -1.42. The van der Waals surface area contributed by atoms with Gasteiger partial charge in [-0.3, -0.25) is 4.79 Å². The highest BCUT2D eigenvalue weighted by molar-refractivity contribution is 6.18. The van der Waals surface area contributed by atoms with Gasteiger partial charge in [-0.05, 0) is 24.1 Å². The number of rotatable bonds is 5. The molecular formula is C13H16ClNO3. The van der Waals surface area contributed by atoms with Crippen molar-refractivity contribution < 1.29 is 14.3 Å². The molecule has 0 radical (unpaired) electrons. The van der Waals surface area contributed by atoms with E-state index in [0.717, 1.165) is 23.5 Å². The van der Waals surface area contributed by atoms with Crippen LogP contribution in [0.4, 0.5) is 0 Å². The number of hydrogen-bond donors (Lipinski definition) is 0. The van der Waals surface area contributed by atoms with Crippen molar-refractivity contribution >= 4 is 17.5 Å². The lowest BCUT2D eigenvalue weighted by Crippen LogP contribution is -2.28. The number of hydrogen-bond acceptors (Lipinski definition) is 3. The van der Waals surface area contributed by atoms with Crippen LogP contribution in [0.5, 0.6) is 11.5 Å². The van der Waals surface area contributed by atoms with Crippen LogP contribution in [0.3, 0.4) is 0 Å². The van der Waals surface area contributed by atoms with Crippen molar-refractivity contribution in [1.82, 2.24) is 4.90 Å². The molecule has 0 unspecified atom stereocenters. The Labute approximate surface area is 111 Å². The highest BCUT2D eigenvalue weighted by atomic mass is 35.5. The molecule has 1 aliphatic rings. The quantitative estimate of drug-likeness (QED) is 0.768. The van der Waals surface area contributed by atoms with Gasteiger partial charge in [-0.1, -0.05) is 6.07 Å². The molecule has 0 fully saturated rings. The van der Waals surface area contributed by atoms with Crippen LogP contribution in [0.2, 0.25) is 0 Å². The maximum absolute atomic E-state index is 11.5. The number of nitrogens with zero attached hydrogens (tertiary/aromatic N) is 1. The van der Waals surface area contributed by atoms with E-state index >= 15 is 0 Å². The van der Waals surface area contributed by atoms with Crippen molar-refractivity contribution in [2.24, 2.45) is 0 Å². The third-order valence-corrected chi connectivity index (χ3v) is 3.10. The van der Waals surface area contributed by atoms with Crippen LogP contribution in [0, 0.1) is 0 Å². The van der Waals surface area contributed by atoms with Crippen LogP contribution in [-0.2, 0) is 11.2 Å². The van der Waals surface area contributed by atoms with Crippen molar-refractivity contribution in [2.75, 3.05) is 26.3 Å². The largest absolute Gasteiger partial charge is 0.454 e. The van der Waals surface area contributed by atoms with E-state index in [-0.39, 0.29) is 12.7 Å². The van der Waals surface area contributed by atoms with Crippen LogP contribution in [-0.4, -0.2) is 37.1 Å². The first-order valence-corrected chi connectivity index (χ1v) is 6.42. The van der Waals surface area contributed by atoms with Crippen molar-refractivity contribution in [3.8, 4) is 11.5 Å². The fourth-order valence-corrected chi connectivity index (χ4v) is 1.95. The molecule has 0 bridgehead atoms. The summed E-state index contributed by atoms with van der Waals surface area (Å²) >= 11 is 5.54. The molecule has 0 saturated carbocycles. The number of amides is 1. The topological polar surface area (TPSA) is 38.8 Å². The van der Waals surface area contributed by atoms with Crippen LogP contribution in [0.1, 0.15) is 12.0 Å². The van der Waals surface area contributed by atoms with Crippen molar-refractivity contribution in [1.29, 1.82) is 0 Å². The smallest absolute Gasteiger partial charge is 0.231 e. The average molecular weight is 270 g/mol. The summed E-state index contributed by atoms with van der Waals surface area (Å²) in [6, 6.07) is 5.85. The summed E-state index contributed by atoms with van der Waals surface area (Å²) in [7, 11) is 1.79. The van der Waals surface area contributed by atoms with Gasteiger partial charge in [-0.25, -0.2) is 0 Å². The first-order valence-electron chi connectivity index (χ1n) is 5.89. The van der Waals surface area contributed by atoms with E-state index in [4.69, 9.17) is 21.1 Å². The van der Waals surface area contributed by atoms with Gasteiger partial charge >= 0.3 is 0 Å². The number of alkyl halides is 1. The Kier molecular flexibility index (Phi) is 4.31. The molecule has 0 aromatic heterocycles. The Balaban J connectivity index is 1.88. The van der Waals surface area contributed by atoms with Crippen molar-refractivity contribution in [3.05, 3.63) is 23.8 Å². The summed E-state index contributed by atoms with van der Waals surface area (Å²) in [5.74, 6) is 2.01. The van der Waals surface area contributed by atoms with Crippen LogP contribution < -0.4 is 9.47 Å². The molecule has 98 valence electrons. The van der Waals surface area contributed by atoms with Gasteiger partial charge in [0.15, 0.2) is 11.5 Å². The molecule has 1 aromatic rings. The minimum Gasteiger partial charge on any atom is -0.454 e. The molecule has 1 aliphatic heterocycles. The van der Waals surface area contributed by atoms with E-state index in [9.17, 15) is 4.79 Å².